The average Bonchev–Trinajstić information content (AvgIpc) is 2.68. The molecule has 7 heteroatoms. The molecule has 2 N–H and O–H groups in total. The molecule has 0 saturated carbocycles. The van der Waals surface area contributed by atoms with Crippen LogP contribution in [0.3, 0.4) is 0 Å². The summed E-state index contributed by atoms with van der Waals surface area (Å²) in [6.07, 6.45) is -0.843. The Labute approximate surface area is 117 Å². The fraction of sp³-hybridized carbons (Fsp3) is 0.462. The molecule has 110 valence electrons. The molecule has 0 aromatic heterocycles. The van der Waals surface area contributed by atoms with Crippen LogP contribution in [-0.4, -0.2) is 61.0 Å². The number of amides is 1. The normalized spacial score (nSPS) is 23.1. The Morgan fingerprint density at radius 2 is 1.80 bits per heavy atom. The quantitative estimate of drug-likeness (QED) is 0.773. The number of carbonyl (C=O) groups is 1. The Morgan fingerprint density at radius 3 is 2.30 bits per heavy atom. The molecule has 2 unspecified atom stereocenters. The lowest BCUT2D eigenvalue weighted by atomic mass is 10.1. The maximum absolute atomic E-state index is 12.3. The van der Waals surface area contributed by atoms with Crippen LogP contribution in [0.25, 0.3) is 0 Å². The van der Waals surface area contributed by atoms with E-state index in [1.165, 1.54) is 17.0 Å². The van der Waals surface area contributed by atoms with Crippen molar-refractivity contribution >= 4 is 15.7 Å². The van der Waals surface area contributed by atoms with Gasteiger partial charge >= 0.3 is 0 Å². The minimum Gasteiger partial charge on any atom is -0.388 e. The number of aryl methyl sites for hydroxylation is 1. The van der Waals surface area contributed by atoms with Crippen molar-refractivity contribution in [3.8, 4) is 0 Å². The number of rotatable bonds is 2. The van der Waals surface area contributed by atoms with E-state index in [9.17, 15) is 23.4 Å². The monoisotopic (exact) mass is 299 g/mol. The molecule has 1 aromatic carbocycles. The first-order chi connectivity index (χ1) is 9.20. The van der Waals surface area contributed by atoms with Crippen LogP contribution in [-0.2, 0) is 9.84 Å². The van der Waals surface area contributed by atoms with Gasteiger partial charge in [-0.25, -0.2) is 8.42 Å². The van der Waals surface area contributed by atoms with Crippen LogP contribution in [0.2, 0.25) is 0 Å². The first-order valence-corrected chi connectivity index (χ1v) is 8.05. The summed E-state index contributed by atoms with van der Waals surface area (Å²) in [6.45, 7) is 1.80. The van der Waals surface area contributed by atoms with Crippen LogP contribution in [0.5, 0.6) is 0 Å². The lowest BCUT2D eigenvalue weighted by molar-refractivity contribution is 0.0572. The van der Waals surface area contributed by atoms with Crippen LogP contribution in [0.1, 0.15) is 15.9 Å². The maximum Gasteiger partial charge on any atom is 0.254 e. The lowest BCUT2D eigenvalue weighted by Crippen LogP contribution is -2.30. The lowest BCUT2D eigenvalue weighted by Gasteiger charge is -2.17. The molecular formula is C13H17NO5S. The third kappa shape index (κ3) is 2.84. The number of aliphatic hydroxyl groups is 2. The molecule has 1 fully saturated rings. The number of sulfone groups is 1. The van der Waals surface area contributed by atoms with Gasteiger partial charge in [0.2, 0.25) is 0 Å². The fourth-order valence-electron chi connectivity index (χ4n) is 2.17. The number of β-amino-alcohol motifs (C(OH)–C–C–N with tert-alkyl or cyclic N) is 2. The summed E-state index contributed by atoms with van der Waals surface area (Å²) in [5.41, 5.74) is 0.924. The van der Waals surface area contributed by atoms with Crippen molar-refractivity contribution in [3.63, 3.8) is 0 Å². The Kier molecular flexibility index (Phi) is 3.86. The number of nitrogens with zero attached hydrogens (tertiary/aromatic N) is 1. The summed E-state index contributed by atoms with van der Waals surface area (Å²) in [7, 11) is -3.39. The van der Waals surface area contributed by atoms with E-state index in [1.807, 2.05) is 0 Å². The predicted molar refractivity (Wildman–Crippen MR) is 72.2 cm³/mol. The van der Waals surface area contributed by atoms with Crippen molar-refractivity contribution in [3.05, 3.63) is 29.3 Å². The summed E-state index contributed by atoms with van der Waals surface area (Å²) < 4.78 is 23.1. The third-order valence-electron chi connectivity index (χ3n) is 3.41. The van der Waals surface area contributed by atoms with Crippen LogP contribution in [0.15, 0.2) is 23.1 Å². The molecule has 6 nitrogen and oxygen atoms in total. The molecule has 0 aliphatic carbocycles. The van der Waals surface area contributed by atoms with Gasteiger partial charge in [-0.3, -0.25) is 4.79 Å². The largest absolute Gasteiger partial charge is 0.388 e. The first-order valence-electron chi connectivity index (χ1n) is 6.16. The number of hydrogen-bond donors (Lipinski definition) is 2. The van der Waals surface area contributed by atoms with E-state index in [-0.39, 0.29) is 29.5 Å². The first kappa shape index (κ1) is 15.0. The zero-order chi connectivity index (χ0) is 15.1. The van der Waals surface area contributed by atoms with E-state index in [0.717, 1.165) is 6.26 Å². The molecule has 0 radical (unpaired) electrons. The van der Waals surface area contributed by atoms with E-state index < -0.39 is 22.0 Å². The van der Waals surface area contributed by atoms with Gasteiger partial charge in [-0.15, -0.1) is 0 Å². The van der Waals surface area contributed by atoms with E-state index >= 15 is 0 Å². The highest BCUT2D eigenvalue weighted by Crippen LogP contribution is 2.20. The number of hydrogen-bond acceptors (Lipinski definition) is 5. The molecular weight excluding hydrogens is 282 g/mol. The fourth-order valence-corrected chi connectivity index (χ4v) is 2.81. The van der Waals surface area contributed by atoms with Crippen LogP contribution in [0, 0.1) is 6.92 Å². The minimum atomic E-state index is -3.39. The van der Waals surface area contributed by atoms with E-state index in [4.69, 9.17) is 0 Å². The zero-order valence-corrected chi connectivity index (χ0v) is 12.1. The Bertz CT molecular complexity index is 630. The second-order valence-electron chi connectivity index (χ2n) is 5.09. The molecule has 0 spiro atoms. The Hall–Kier alpha value is -1.44. The van der Waals surface area contributed by atoms with Crippen molar-refractivity contribution in [2.45, 2.75) is 24.0 Å². The van der Waals surface area contributed by atoms with Gasteiger partial charge in [0.05, 0.1) is 17.1 Å². The number of likely N-dealkylation sites (tertiary alicyclic amines) is 1. The standard InChI is InChI=1S/C13H17NO5S/c1-8-3-4-9(20(2,18)19)5-10(8)13(17)14-6-11(15)12(16)7-14/h3-5,11-12,15-16H,6-7H2,1-2H3. The molecule has 1 saturated heterocycles. The molecule has 1 aromatic rings. The molecule has 2 rings (SSSR count). The van der Waals surface area contributed by atoms with Crippen molar-refractivity contribution in [2.75, 3.05) is 19.3 Å². The molecule has 1 heterocycles. The Morgan fingerprint density at radius 1 is 1.25 bits per heavy atom. The van der Waals surface area contributed by atoms with Gasteiger partial charge in [0.1, 0.15) is 0 Å². The smallest absolute Gasteiger partial charge is 0.254 e. The second kappa shape index (κ2) is 5.16. The molecule has 2 atom stereocenters. The summed E-state index contributed by atoms with van der Waals surface area (Å²) in [6, 6.07) is 4.37. The summed E-state index contributed by atoms with van der Waals surface area (Å²) >= 11 is 0. The second-order valence-corrected chi connectivity index (χ2v) is 7.11. The summed E-state index contributed by atoms with van der Waals surface area (Å²) in [5.74, 6) is -0.386. The number of carbonyl (C=O) groups excluding carboxylic acids is 1. The molecule has 1 aliphatic heterocycles. The van der Waals surface area contributed by atoms with Crippen LogP contribution < -0.4 is 0 Å². The van der Waals surface area contributed by atoms with E-state index in [2.05, 4.69) is 0 Å². The SMILES string of the molecule is Cc1ccc(S(C)(=O)=O)cc1C(=O)N1CC(O)C(O)C1. The van der Waals surface area contributed by atoms with Crippen molar-refractivity contribution in [1.29, 1.82) is 0 Å². The predicted octanol–water partition coefficient (Wildman–Crippen LogP) is -0.424. The molecule has 1 aliphatic rings. The van der Waals surface area contributed by atoms with Crippen molar-refractivity contribution in [2.24, 2.45) is 0 Å². The summed E-state index contributed by atoms with van der Waals surface area (Å²) in [4.78, 5) is 13.7. The topological polar surface area (TPSA) is 94.9 Å². The summed E-state index contributed by atoms with van der Waals surface area (Å²) in [5, 5.41) is 19.0. The number of benzene rings is 1. The highest BCUT2D eigenvalue weighted by atomic mass is 32.2. The van der Waals surface area contributed by atoms with Gasteiger partial charge in [-0.1, -0.05) is 6.07 Å². The van der Waals surface area contributed by atoms with Gasteiger partial charge in [-0.2, -0.15) is 0 Å². The van der Waals surface area contributed by atoms with Gasteiger partial charge in [0.15, 0.2) is 9.84 Å². The van der Waals surface area contributed by atoms with Crippen LogP contribution in [0.4, 0.5) is 0 Å². The van der Waals surface area contributed by atoms with Gasteiger partial charge in [0, 0.05) is 24.9 Å². The molecule has 1 amide bonds. The minimum absolute atomic E-state index is 0.0442. The third-order valence-corrected chi connectivity index (χ3v) is 4.52. The molecule has 0 bridgehead atoms. The Balaban J connectivity index is 2.35. The molecule has 20 heavy (non-hydrogen) atoms. The highest BCUT2D eigenvalue weighted by Gasteiger charge is 2.33. The average molecular weight is 299 g/mol. The van der Waals surface area contributed by atoms with E-state index in [0.29, 0.717) is 5.56 Å². The highest BCUT2D eigenvalue weighted by molar-refractivity contribution is 7.90. The van der Waals surface area contributed by atoms with Gasteiger partial charge in [0.25, 0.3) is 5.91 Å². The van der Waals surface area contributed by atoms with Gasteiger partial charge < -0.3 is 15.1 Å². The maximum atomic E-state index is 12.3. The zero-order valence-electron chi connectivity index (χ0n) is 11.3. The van der Waals surface area contributed by atoms with Gasteiger partial charge in [-0.05, 0) is 24.6 Å². The van der Waals surface area contributed by atoms with Crippen LogP contribution >= 0.6 is 0 Å². The number of aliphatic hydroxyl groups excluding tert-OH is 2. The van der Waals surface area contributed by atoms with Crippen molar-refractivity contribution < 1.29 is 23.4 Å². The van der Waals surface area contributed by atoms with Crippen molar-refractivity contribution in [1.82, 2.24) is 4.90 Å². The van der Waals surface area contributed by atoms with E-state index in [1.54, 1.807) is 13.0 Å².